The zero-order valence-electron chi connectivity index (χ0n) is 19.3. The lowest BCUT2D eigenvalue weighted by Crippen LogP contribution is -2.46. The van der Waals surface area contributed by atoms with Crippen molar-refractivity contribution in [1.29, 1.82) is 0 Å². The van der Waals surface area contributed by atoms with Crippen LogP contribution in [0.15, 0.2) is 24.3 Å². The third-order valence-corrected chi connectivity index (χ3v) is 8.40. The van der Waals surface area contributed by atoms with Crippen molar-refractivity contribution in [3.05, 3.63) is 24.3 Å². The van der Waals surface area contributed by atoms with Crippen LogP contribution < -0.4 is 14.9 Å². The Morgan fingerprint density at radius 1 is 1.00 bits per heavy atom. The molecule has 174 valence electrons. The summed E-state index contributed by atoms with van der Waals surface area (Å²) in [5, 5.41) is 3.03. The Hall–Kier alpha value is -1.64. The molecule has 0 spiro atoms. The fourth-order valence-electron chi connectivity index (χ4n) is 4.26. The number of nitrogens with one attached hydrogen (secondary N) is 2. The Labute approximate surface area is 187 Å². The van der Waals surface area contributed by atoms with Crippen LogP contribution in [0.1, 0.15) is 60.3 Å². The Kier molecular flexibility index (Phi) is 7.33. The van der Waals surface area contributed by atoms with Crippen molar-refractivity contribution in [1.82, 2.24) is 4.72 Å². The number of anilines is 2. The number of carbonyl (C=O) groups is 1. The summed E-state index contributed by atoms with van der Waals surface area (Å²) in [5.74, 6) is -0.0745. The van der Waals surface area contributed by atoms with E-state index in [9.17, 15) is 13.2 Å². The first-order valence-corrected chi connectivity index (χ1v) is 12.8. The predicted molar refractivity (Wildman–Crippen MR) is 125 cm³/mol. The van der Waals surface area contributed by atoms with Crippen molar-refractivity contribution in [2.45, 2.75) is 83.3 Å². The first kappa shape index (κ1) is 24.0. The second-order valence-corrected chi connectivity index (χ2v) is 12.4. The van der Waals surface area contributed by atoms with Gasteiger partial charge in [-0.05, 0) is 84.6 Å². The van der Waals surface area contributed by atoms with Crippen molar-refractivity contribution in [3.63, 3.8) is 0 Å². The molecule has 1 amide bonds. The van der Waals surface area contributed by atoms with E-state index >= 15 is 0 Å². The van der Waals surface area contributed by atoms with Gasteiger partial charge in [-0.3, -0.25) is 4.79 Å². The minimum atomic E-state index is -3.37. The van der Waals surface area contributed by atoms with Gasteiger partial charge in [0.25, 0.3) is 0 Å². The van der Waals surface area contributed by atoms with Gasteiger partial charge in [0, 0.05) is 36.4 Å². The molecule has 31 heavy (non-hydrogen) atoms. The highest BCUT2D eigenvalue weighted by Gasteiger charge is 2.34. The minimum absolute atomic E-state index is 0.0125. The number of amides is 1. The summed E-state index contributed by atoms with van der Waals surface area (Å²) in [6, 6.07) is 7.88. The summed E-state index contributed by atoms with van der Waals surface area (Å²) < 4.78 is 32.5. The van der Waals surface area contributed by atoms with E-state index in [4.69, 9.17) is 4.74 Å². The second kappa shape index (κ2) is 9.46. The summed E-state index contributed by atoms with van der Waals surface area (Å²) in [5.41, 5.74) is 1.92. The van der Waals surface area contributed by atoms with Crippen molar-refractivity contribution < 1.29 is 17.9 Å². The molecule has 3 rings (SSSR count). The van der Waals surface area contributed by atoms with Gasteiger partial charge in [-0.2, -0.15) is 0 Å². The Bertz CT molecular complexity index is 846. The molecule has 2 atom stereocenters. The predicted octanol–water partition coefficient (Wildman–Crippen LogP) is 3.52. The lowest BCUT2D eigenvalue weighted by atomic mass is 9.86. The van der Waals surface area contributed by atoms with Crippen LogP contribution in [0, 0.1) is 5.92 Å². The molecule has 2 aliphatic rings. The number of sulfonamides is 1. The zero-order chi connectivity index (χ0) is 22.8. The number of benzene rings is 1. The monoisotopic (exact) mass is 451 g/mol. The molecule has 0 radical (unpaired) electrons. The van der Waals surface area contributed by atoms with Crippen LogP contribution in [0.3, 0.4) is 0 Å². The minimum Gasteiger partial charge on any atom is -0.372 e. The van der Waals surface area contributed by atoms with Gasteiger partial charge in [-0.25, -0.2) is 13.1 Å². The molecule has 2 N–H and O–H groups in total. The van der Waals surface area contributed by atoms with Crippen molar-refractivity contribution in [3.8, 4) is 0 Å². The molecule has 8 heteroatoms. The van der Waals surface area contributed by atoms with Crippen molar-refractivity contribution >= 4 is 27.3 Å². The van der Waals surface area contributed by atoms with Crippen LogP contribution in [0.4, 0.5) is 11.4 Å². The number of carbonyl (C=O) groups excluding carboxylic acids is 1. The molecular weight excluding hydrogens is 414 g/mol. The number of hydrogen-bond acceptors (Lipinski definition) is 5. The summed E-state index contributed by atoms with van der Waals surface area (Å²) in [4.78, 5) is 15.0. The van der Waals surface area contributed by atoms with Crippen LogP contribution in [-0.2, 0) is 19.6 Å². The van der Waals surface area contributed by atoms with E-state index in [-0.39, 0.29) is 30.1 Å². The van der Waals surface area contributed by atoms with Crippen LogP contribution in [0.5, 0.6) is 0 Å². The van der Waals surface area contributed by atoms with E-state index < -0.39 is 14.8 Å². The molecular formula is C23H37N3O4S. The SMILES string of the molecule is CC1CN(c2ccc(NC(=O)C3CCC(NS(=O)(=O)C(C)(C)C)CC3)cc2)CC(C)O1. The fraction of sp³-hybridized carbons (Fsp3) is 0.696. The highest BCUT2D eigenvalue weighted by atomic mass is 32.2. The van der Waals surface area contributed by atoms with E-state index in [0.29, 0.717) is 25.7 Å². The van der Waals surface area contributed by atoms with Crippen molar-refractivity contribution in [2.24, 2.45) is 5.92 Å². The number of hydrogen-bond donors (Lipinski definition) is 2. The van der Waals surface area contributed by atoms with E-state index in [1.165, 1.54) is 0 Å². The maximum Gasteiger partial charge on any atom is 0.227 e. The molecule has 1 aromatic rings. The Morgan fingerprint density at radius 3 is 2.06 bits per heavy atom. The quantitative estimate of drug-likeness (QED) is 0.715. The fourth-order valence-corrected chi connectivity index (χ4v) is 5.29. The normalized spacial score (nSPS) is 27.7. The standard InChI is InChI=1S/C23H37N3O4S/c1-16-14-26(15-17(2)30-16)21-12-10-19(11-13-21)24-22(27)18-6-8-20(9-7-18)25-31(28,29)23(3,4)5/h10-13,16-18,20,25H,6-9,14-15H2,1-5H3,(H,24,27). The lowest BCUT2D eigenvalue weighted by Gasteiger charge is -2.37. The highest BCUT2D eigenvalue weighted by molar-refractivity contribution is 7.90. The average molecular weight is 452 g/mol. The summed E-state index contributed by atoms with van der Waals surface area (Å²) in [6.07, 6.45) is 3.13. The molecule has 1 aromatic carbocycles. The lowest BCUT2D eigenvalue weighted by molar-refractivity contribution is -0.120. The van der Waals surface area contributed by atoms with Crippen LogP contribution in [0.25, 0.3) is 0 Å². The topological polar surface area (TPSA) is 87.7 Å². The van der Waals surface area contributed by atoms with Gasteiger partial charge < -0.3 is 15.0 Å². The van der Waals surface area contributed by atoms with Gasteiger partial charge in [-0.15, -0.1) is 0 Å². The third kappa shape index (κ3) is 6.20. The maximum atomic E-state index is 12.7. The molecule has 1 saturated heterocycles. The van der Waals surface area contributed by atoms with Gasteiger partial charge in [0.2, 0.25) is 15.9 Å². The molecule has 1 heterocycles. The molecule has 0 aromatic heterocycles. The number of nitrogens with zero attached hydrogens (tertiary/aromatic N) is 1. The third-order valence-electron chi connectivity index (χ3n) is 6.15. The average Bonchev–Trinajstić information content (AvgIpc) is 2.67. The van der Waals surface area contributed by atoms with E-state index in [0.717, 1.165) is 24.5 Å². The van der Waals surface area contributed by atoms with Crippen LogP contribution >= 0.6 is 0 Å². The molecule has 1 aliphatic carbocycles. The van der Waals surface area contributed by atoms with Gasteiger partial charge >= 0.3 is 0 Å². The molecule has 0 bridgehead atoms. The largest absolute Gasteiger partial charge is 0.372 e. The van der Waals surface area contributed by atoms with Gasteiger partial charge in [-0.1, -0.05) is 0 Å². The molecule has 1 aliphatic heterocycles. The molecule has 2 fully saturated rings. The Morgan fingerprint density at radius 2 is 1.55 bits per heavy atom. The zero-order valence-corrected chi connectivity index (χ0v) is 20.2. The van der Waals surface area contributed by atoms with E-state index in [1.807, 2.05) is 24.3 Å². The van der Waals surface area contributed by atoms with E-state index in [2.05, 4.69) is 28.8 Å². The van der Waals surface area contributed by atoms with Gasteiger partial charge in [0.1, 0.15) is 0 Å². The first-order chi connectivity index (χ1) is 14.4. The van der Waals surface area contributed by atoms with Crippen LogP contribution in [-0.4, -0.2) is 50.4 Å². The van der Waals surface area contributed by atoms with Crippen molar-refractivity contribution in [2.75, 3.05) is 23.3 Å². The summed E-state index contributed by atoms with van der Waals surface area (Å²) >= 11 is 0. The van der Waals surface area contributed by atoms with Gasteiger partial charge in [0.05, 0.1) is 17.0 Å². The number of rotatable bonds is 5. The van der Waals surface area contributed by atoms with E-state index in [1.54, 1.807) is 20.8 Å². The summed E-state index contributed by atoms with van der Waals surface area (Å²) in [6.45, 7) is 11.0. The second-order valence-electron chi connectivity index (χ2n) is 9.98. The first-order valence-electron chi connectivity index (χ1n) is 11.3. The Balaban J connectivity index is 1.50. The van der Waals surface area contributed by atoms with Gasteiger partial charge in [0.15, 0.2) is 0 Å². The highest BCUT2D eigenvalue weighted by Crippen LogP contribution is 2.28. The van der Waals surface area contributed by atoms with Crippen LogP contribution in [0.2, 0.25) is 0 Å². The molecule has 2 unspecified atom stereocenters. The smallest absolute Gasteiger partial charge is 0.227 e. The number of morpholine rings is 1. The maximum absolute atomic E-state index is 12.7. The molecule has 1 saturated carbocycles. The molecule has 7 nitrogen and oxygen atoms in total. The number of ether oxygens (including phenoxy) is 1. The summed E-state index contributed by atoms with van der Waals surface area (Å²) in [7, 11) is -3.37.